The Morgan fingerprint density at radius 3 is 2.60 bits per heavy atom. The first-order chi connectivity index (χ1) is 4.74. The average molecular weight is 246 g/mol. The van der Waals surface area contributed by atoms with E-state index in [1.165, 1.54) is 14.7 Å². The zero-order valence-electron chi connectivity index (χ0n) is 6.32. The lowest BCUT2D eigenvalue weighted by molar-refractivity contribution is 1.12. The van der Waals surface area contributed by atoms with Crippen LogP contribution in [0.3, 0.4) is 0 Å². The van der Waals surface area contributed by atoms with Gasteiger partial charge in [-0.15, -0.1) is 0 Å². The molecule has 0 bridgehead atoms. The zero-order valence-corrected chi connectivity index (χ0v) is 8.47. The molecule has 0 atom stereocenters. The molecule has 0 aliphatic rings. The van der Waals surface area contributed by atoms with Crippen LogP contribution in [0.4, 0.5) is 0 Å². The summed E-state index contributed by atoms with van der Waals surface area (Å²) in [6.07, 6.45) is 1.14. The Morgan fingerprint density at radius 1 is 1.40 bits per heavy atom. The van der Waals surface area contributed by atoms with Gasteiger partial charge in [0.05, 0.1) is 0 Å². The molecule has 0 spiro atoms. The van der Waals surface area contributed by atoms with E-state index in [0.29, 0.717) is 0 Å². The Morgan fingerprint density at radius 2 is 2.10 bits per heavy atom. The first-order valence-electron chi connectivity index (χ1n) is 3.49. The van der Waals surface area contributed by atoms with Crippen molar-refractivity contribution in [1.29, 1.82) is 0 Å². The van der Waals surface area contributed by atoms with Crippen molar-refractivity contribution in [3.63, 3.8) is 0 Å². The summed E-state index contributed by atoms with van der Waals surface area (Å²) in [4.78, 5) is 0. The summed E-state index contributed by atoms with van der Waals surface area (Å²) >= 11 is 2.39. The molecule has 0 nitrogen and oxygen atoms in total. The van der Waals surface area contributed by atoms with Gasteiger partial charge in [0.15, 0.2) is 0 Å². The van der Waals surface area contributed by atoms with Crippen LogP contribution >= 0.6 is 22.6 Å². The van der Waals surface area contributed by atoms with E-state index in [9.17, 15) is 0 Å². The molecule has 0 radical (unpaired) electrons. The number of hydrogen-bond donors (Lipinski definition) is 0. The highest BCUT2D eigenvalue weighted by Gasteiger charge is 1.94. The summed E-state index contributed by atoms with van der Waals surface area (Å²) in [6, 6.07) is 6.59. The molecule has 1 rings (SSSR count). The van der Waals surface area contributed by atoms with Gasteiger partial charge in [-0.05, 0) is 47.6 Å². The SMILES string of the molecule is CCc1ccc(C)cc1I. The van der Waals surface area contributed by atoms with Crippen molar-refractivity contribution in [3.8, 4) is 0 Å². The van der Waals surface area contributed by atoms with Gasteiger partial charge in [0.25, 0.3) is 0 Å². The van der Waals surface area contributed by atoms with Crippen LogP contribution in [0.15, 0.2) is 18.2 Å². The Kier molecular flexibility index (Phi) is 2.72. The third-order valence-corrected chi connectivity index (χ3v) is 2.59. The molecule has 1 aromatic carbocycles. The van der Waals surface area contributed by atoms with E-state index < -0.39 is 0 Å². The fraction of sp³-hybridized carbons (Fsp3) is 0.333. The molecular formula is C9H11I. The second kappa shape index (κ2) is 3.37. The highest BCUT2D eigenvalue weighted by molar-refractivity contribution is 14.1. The van der Waals surface area contributed by atoms with Crippen LogP contribution in [0.5, 0.6) is 0 Å². The van der Waals surface area contributed by atoms with Gasteiger partial charge in [-0.25, -0.2) is 0 Å². The second-order valence-corrected chi connectivity index (χ2v) is 3.61. The number of halogens is 1. The van der Waals surface area contributed by atoms with E-state index in [0.717, 1.165) is 6.42 Å². The minimum atomic E-state index is 1.14. The first kappa shape index (κ1) is 8.05. The molecule has 0 unspecified atom stereocenters. The smallest absolute Gasteiger partial charge is 0.0164 e. The van der Waals surface area contributed by atoms with Crippen LogP contribution < -0.4 is 0 Å². The first-order valence-corrected chi connectivity index (χ1v) is 4.57. The molecule has 1 aromatic rings. The van der Waals surface area contributed by atoms with Crippen molar-refractivity contribution in [2.45, 2.75) is 20.3 Å². The van der Waals surface area contributed by atoms with Crippen molar-refractivity contribution in [2.75, 3.05) is 0 Å². The molecule has 0 saturated heterocycles. The van der Waals surface area contributed by atoms with Crippen LogP contribution in [0.1, 0.15) is 18.1 Å². The van der Waals surface area contributed by atoms with Gasteiger partial charge in [-0.3, -0.25) is 0 Å². The summed E-state index contributed by atoms with van der Waals surface area (Å²) in [5, 5.41) is 0. The molecule has 1 heteroatoms. The Labute approximate surface area is 75.8 Å². The third-order valence-electron chi connectivity index (χ3n) is 1.59. The highest BCUT2D eigenvalue weighted by Crippen LogP contribution is 2.14. The van der Waals surface area contributed by atoms with E-state index >= 15 is 0 Å². The predicted octanol–water partition coefficient (Wildman–Crippen LogP) is 3.16. The van der Waals surface area contributed by atoms with Crippen LogP contribution in [0.25, 0.3) is 0 Å². The maximum Gasteiger partial charge on any atom is 0.0164 e. The molecule has 0 amide bonds. The third kappa shape index (κ3) is 1.72. The number of aryl methyl sites for hydroxylation is 2. The average Bonchev–Trinajstić information content (AvgIpc) is 1.88. The Hall–Kier alpha value is -0.0500. The molecule has 0 heterocycles. The fourth-order valence-corrected chi connectivity index (χ4v) is 1.99. The maximum absolute atomic E-state index is 2.39. The maximum atomic E-state index is 2.39. The van der Waals surface area contributed by atoms with Gasteiger partial charge in [0, 0.05) is 3.57 Å². The second-order valence-electron chi connectivity index (χ2n) is 2.45. The minimum Gasteiger partial charge on any atom is -0.0613 e. The van der Waals surface area contributed by atoms with Gasteiger partial charge in [-0.2, -0.15) is 0 Å². The molecule has 54 valence electrons. The monoisotopic (exact) mass is 246 g/mol. The van der Waals surface area contributed by atoms with Crippen LogP contribution in [0, 0.1) is 10.5 Å². The number of rotatable bonds is 1. The summed E-state index contributed by atoms with van der Waals surface area (Å²) < 4.78 is 1.39. The fourth-order valence-electron chi connectivity index (χ4n) is 0.939. The van der Waals surface area contributed by atoms with Crippen LogP contribution in [-0.4, -0.2) is 0 Å². The van der Waals surface area contributed by atoms with E-state index in [1.807, 2.05) is 0 Å². The van der Waals surface area contributed by atoms with Crippen molar-refractivity contribution >= 4 is 22.6 Å². The molecule has 0 fully saturated rings. The molecule has 0 N–H and O–H groups in total. The lowest BCUT2D eigenvalue weighted by Gasteiger charge is -2.00. The van der Waals surface area contributed by atoms with E-state index in [2.05, 4.69) is 54.6 Å². The van der Waals surface area contributed by atoms with Gasteiger partial charge in [-0.1, -0.05) is 24.6 Å². The molecular weight excluding hydrogens is 235 g/mol. The Balaban J connectivity index is 3.07. The van der Waals surface area contributed by atoms with Crippen LogP contribution in [0.2, 0.25) is 0 Å². The quantitative estimate of drug-likeness (QED) is 0.667. The van der Waals surface area contributed by atoms with Gasteiger partial charge in [0.1, 0.15) is 0 Å². The summed E-state index contributed by atoms with van der Waals surface area (Å²) in [5.74, 6) is 0. The lowest BCUT2D eigenvalue weighted by Crippen LogP contribution is -1.85. The standard InChI is InChI=1S/C9H11I/c1-3-8-5-4-7(2)6-9(8)10/h4-6H,3H2,1-2H3. The molecule has 10 heavy (non-hydrogen) atoms. The van der Waals surface area contributed by atoms with E-state index in [-0.39, 0.29) is 0 Å². The van der Waals surface area contributed by atoms with Crippen molar-refractivity contribution < 1.29 is 0 Å². The van der Waals surface area contributed by atoms with Gasteiger partial charge in [0.2, 0.25) is 0 Å². The van der Waals surface area contributed by atoms with Gasteiger partial charge < -0.3 is 0 Å². The largest absolute Gasteiger partial charge is 0.0613 e. The van der Waals surface area contributed by atoms with Crippen molar-refractivity contribution in [2.24, 2.45) is 0 Å². The van der Waals surface area contributed by atoms with E-state index in [1.54, 1.807) is 0 Å². The minimum absolute atomic E-state index is 1.14. The van der Waals surface area contributed by atoms with Gasteiger partial charge >= 0.3 is 0 Å². The van der Waals surface area contributed by atoms with E-state index in [4.69, 9.17) is 0 Å². The molecule has 0 aromatic heterocycles. The summed E-state index contributed by atoms with van der Waals surface area (Å²) in [5.41, 5.74) is 2.80. The highest BCUT2D eigenvalue weighted by atomic mass is 127. The zero-order chi connectivity index (χ0) is 7.56. The van der Waals surface area contributed by atoms with Crippen LogP contribution in [-0.2, 0) is 6.42 Å². The molecule has 0 aliphatic carbocycles. The molecule has 0 saturated carbocycles. The van der Waals surface area contributed by atoms with Crippen molar-refractivity contribution in [3.05, 3.63) is 32.9 Å². The number of benzene rings is 1. The summed E-state index contributed by atoms with van der Waals surface area (Å²) in [7, 11) is 0. The molecule has 0 aliphatic heterocycles. The van der Waals surface area contributed by atoms with Crippen molar-refractivity contribution in [1.82, 2.24) is 0 Å². The topological polar surface area (TPSA) is 0 Å². The summed E-state index contributed by atoms with van der Waals surface area (Å²) in [6.45, 7) is 4.31. The lowest BCUT2D eigenvalue weighted by atomic mass is 10.1. The Bertz CT molecular complexity index is 228. The number of hydrogen-bond acceptors (Lipinski definition) is 0. The normalized spacial score (nSPS) is 9.90. The predicted molar refractivity (Wildman–Crippen MR) is 53.3 cm³/mol.